The highest BCUT2D eigenvalue weighted by Gasteiger charge is 2.26. The first-order chi connectivity index (χ1) is 9.11. The van der Waals surface area contributed by atoms with Crippen LogP contribution in [0.15, 0.2) is 29.3 Å². The molecule has 0 N–H and O–H groups in total. The maximum atomic E-state index is 5.70. The van der Waals surface area contributed by atoms with Gasteiger partial charge in [-0.1, -0.05) is 38.3 Å². The summed E-state index contributed by atoms with van der Waals surface area (Å²) in [4.78, 5) is 4.64. The molecule has 1 aliphatic rings. The van der Waals surface area contributed by atoms with E-state index in [1.807, 2.05) is 0 Å². The Bertz CT molecular complexity index is 448. The van der Waals surface area contributed by atoms with Crippen LogP contribution in [0.5, 0.6) is 0 Å². The van der Waals surface area contributed by atoms with E-state index in [4.69, 9.17) is 4.74 Å². The minimum Gasteiger partial charge on any atom is -0.475 e. The molecule has 0 bridgehead atoms. The molecule has 2 nitrogen and oxygen atoms in total. The number of aryl methyl sites for hydroxylation is 1. The van der Waals surface area contributed by atoms with Crippen molar-refractivity contribution in [3.05, 3.63) is 35.4 Å². The van der Waals surface area contributed by atoms with Crippen LogP contribution in [0.2, 0.25) is 0 Å². The fraction of sp³-hybridized carbons (Fsp3) is 0.588. The average molecular weight is 259 g/mol. The Morgan fingerprint density at radius 1 is 1.21 bits per heavy atom. The van der Waals surface area contributed by atoms with Crippen LogP contribution in [0.25, 0.3) is 0 Å². The number of hydrogen-bond donors (Lipinski definition) is 0. The molecule has 0 spiro atoms. The van der Waals surface area contributed by atoms with Gasteiger partial charge in [-0.15, -0.1) is 0 Å². The number of ether oxygens (including phenoxy) is 1. The fourth-order valence-corrected chi connectivity index (χ4v) is 2.35. The van der Waals surface area contributed by atoms with E-state index in [1.165, 1.54) is 31.2 Å². The predicted molar refractivity (Wildman–Crippen MR) is 80.9 cm³/mol. The summed E-state index contributed by atoms with van der Waals surface area (Å²) in [7, 11) is 0. The summed E-state index contributed by atoms with van der Waals surface area (Å²) in [6.07, 6.45) is 6.38. The molecule has 0 aromatic heterocycles. The summed E-state index contributed by atoms with van der Waals surface area (Å²) in [6, 6.07) is 8.64. The molecule has 0 unspecified atom stereocenters. The normalized spacial score (nSPS) is 17.1. The van der Waals surface area contributed by atoms with Crippen LogP contribution < -0.4 is 0 Å². The summed E-state index contributed by atoms with van der Waals surface area (Å²) in [5.41, 5.74) is 2.44. The van der Waals surface area contributed by atoms with Gasteiger partial charge in [0.05, 0.1) is 5.54 Å². The molecule has 104 valence electrons. The predicted octanol–water partition coefficient (Wildman–Crippen LogP) is 4.36. The van der Waals surface area contributed by atoms with Crippen molar-refractivity contribution in [2.45, 2.75) is 58.4 Å². The van der Waals surface area contributed by atoms with Gasteiger partial charge in [-0.3, -0.25) is 0 Å². The molecule has 0 atom stereocenters. The Kier molecular flexibility index (Phi) is 4.62. The minimum atomic E-state index is -0.0769. The molecule has 2 rings (SSSR count). The van der Waals surface area contributed by atoms with Gasteiger partial charge in [0.15, 0.2) is 0 Å². The van der Waals surface area contributed by atoms with Crippen molar-refractivity contribution >= 4 is 5.90 Å². The molecule has 0 amide bonds. The number of benzene rings is 1. The van der Waals surface area contributed by atoms with E-state index in [1.54, 1.807) is 0 Å². The Morgan fingerprint density at radius 2 is 2.05 bits per heavy atom. The van der Waals surface area contributed by atoms with Crippen molar-refractivity contribution < 1.29 is 4.74 Å². The van der Waals surface area contributed by atoms with Crippen LogP contribution in [-0.2, 0) is 11.2 Å². The number of nitrogens with zero attached hydrogens (tertiary/aromatic N) is 1. The van der Waals surface area contributed by atoms with Crippen LogP contribution in [0, 0.1) is 0 Å². The molecule has 0 radical (unpaired) electrons. The molecule has 1 aromatic carbocycles. The van der Waals surface area contributed by atoms with Gasteiger partial charge < -0.3 is 4.74 Å². The van der Waals surface area contributed by atoms with Crippen molar-refractivity contribution in [2.24, 2.45) is 4.99 Å². The van der Waals surface area contributed by atoms with Gasteiger partial charge in [-0.2, -0.15) is 0 Å². The summed E-state index contributed by atoms with van der Waals surface area (Å²) in [5.74, 6) is 0.806. The smallest absolute Gasteiger partial charge is 0.216 e. The maximum absolute atomic E-state index is 5.70. The van der Waals surface area contributed by atoms with E-state index in [0.717, 1.165) is 17.9 Å². The third-order valence-corrected chi connectivity index (χ3v) is 3.46. The first-order valence-corrected chi connectivity index (χ1v) is 7.43. The molecule has 1 heterocycles. The highest BCUT2D eigenvalue weighted by atomic mass is 16.5. The Hall–Kier alpha value is -1.31. The average Bonchev–Trinajstić information content (AvgIpc) is 2.76. The van der Waals surface area contributed by atoms with Crippen molar-refractivity contribution in [1.82, 2.24) is 0 Å². The zero-order valence-electron chi connectivity index (χ0n) is 12.4. The molecule has 1 aromatic rings. The SMILES string of the molecule is CCCCCCc1cccc(C2=NC(C)(C)CO2)c1. The van der Waals surface area contributed by atoms with Gasteiger partial charge in [-0.25, -0.2) is 4.99 Å². The summed E-state index contributed by atoms with van der Waals surface area (Å²) >= 11 is 0. The number of rotatable bonds is 6. The highest BCUT2D eigenvalue weighted by Crippen LogP contribution is 2.21. The zero-order valence-corrected chi connectivity index (χ0v) is 12.4. The molecule has 0 fully saturated rings. The second kappa shape index (κ2) is 6.23. The van der Waals surface area contributed by atoms with E-state index < -0.39 is 0 Å². The maximum Gasteiger partial charge on any atom is 0.216 e. The van der Waals surface area contributed by atoms with Crippen LogP contribution in [-0.4, -0.2) is 18.0 Å². The van der Waals surface area contributed by atoms with Crippen LogP contribution in [0.1, 0.15) is 57.6 Å². The van der Waals surface area contributed by atoms with E-state index in [2.05, 4.69) is 50.0 Å². The van der Waals surface area contributed by atoms with Gasteiger partial charge in [0, 0.05) is 5.56 Å². The lowest BCUT2D eigenvalue weighted by Crippen LogP contribution is -2.17. The fourth-order valence-electron chi connectivity index (χ4n) is 2.35. The molecular weight excluding hydrogens is 234 g/mol. The standard InChI is InChI=1S/C17H25NO/c1-4-5-6-7-9-14-10-8-11-15(12-14)16-18-17(2,3)13-19-16/h8,10-12H,4-7,9,13H2,1-3H3. The van der Waals surface area contributed by atoms with Gasteiger partial charge in [0.1, 0.15) is 6.61 Å². The highest BCUT2D eigenvalue weighted by molar-refractivity contribution is 5.95. The second-order valence-corrected chi connectivity index (χ2v) is 6.03. The van der Waals surface area contributed by atoms with Crippen LogP contribution in [0.3, 0.4) is 0 Å². The summed E-state index contributed by atoms with van der Waals surface area (Å²) in [5, 5.41) is 0. The Morgan fingerprint density at radius 3 is 2.74 bits per heavy atom. The molecule has 0 saturated heterocycles. The second-order valence-electron chi connectivity index (χ2n) is 6.03. The number of unbranched alkanes of at least 4 members (excludes halogenated alkanes) is 3. The largest absolute Gasteiger partial charge is 0.475 e. The van der Waals surface area contributed by atoms with Gasteiger partial charge >= 0.3 is 0 Å². The first-order valence-electron chi connectivity index (χ1n) is 7.43. The van der Waals surface area contributed by atoms with Crippen molar-refractivity contribution in [3.63, 3.8) is 0 Å². The lowest BCUT2D eigenvalue weighted by Gasteiger charge is -2.07. The van der Waals surface area contributed by atoms with E-state index in [9.17, 15) is 0 Å². The molecule has 0 saturated carbocycles. The molecule has 19 heavy (non-hydrogen) atoms. The van der Waals surface area contributed by atoms with Crippen molar-refractivity contribution in [1.29, 1.82) is 0 Å². The monoisotopic (exact) mass is 259 g/mol. The third-order valence-electron chi connectivity index (χ3n) is 3.46. The molecule has 1 aliphatic heterocycles. The lowest BCUT2D eigenvalue weighted by molar-refractivity contribution is 0.279. The third kappa shape index (κ3) is 4.09. The topological polar surface area (TPSA) is 21.6 Å². The van der Waals surface area contributed by atoms with Crippen molar-refractivity contribution in [2.75, 3.05) is 6.61 Å². The number of hydrogen-bond acceptors (Lipinski definition) is 2. The summed E-state index contributed by atoms with van der Waals surface area (Å²) < 4.78 is 5.70. The van der Waals surface area contributed by atoms with Crippen molar-refractivity contribution in [3.8, 4) is 0 Å². The van der Waals surface area contributed by atoms with Gasteiger partial charge in [0.25, 0.3) is 0 Å². The minimum absolute atomic E-state index is 0.0769. The Balaban J connectivity index is 2.00. The quantitative estimate of drug-likeness (QED) is 0.695. The van der Waals surface area contributed by atoms with Crippen LogP contribution in [0.4, 0.5) is 0 Å². The van der Waals surface area contributed by atoms with Gasteiger partial charge in [-0.05, 0) is 44.4 Å². The molecule has 2 heteroatoms. The summed E-state index contributed by atoms with van der Waals surface area (Å²) in [6.45, 7) is 7.14. The lowest BCUT2D eigenvalue weighted by atomic mass is 10.0. The van der Waals surface area contributed by atoms with Crippen LogP contribution >= 0.6 is 0 Å². The van der Waals surface area contributed by atoms with E-state index in [-0.39, 0.29) is 5.54 Å². The van der Waals surface area contributed by atoms with E-state index >= 15 is 0 Å². The Labute approximate surface area is 116 Å². The van der Waals surface area contributed by atoms with Gasteiger partial charge in [0.2, 0.25) is 5.90 Å². The first kappa shape index (κ1) is 14.1. The van der Waals surface area contributed by atoms with E-state index in [0.29, 0.717) is 6.61 Å². The zero-order chi connectivity index (χ0) is 13.7. The number of aliphatic imine (C=N–C) groups is 1. The molecule has 0 aliphatic carbocycles. The molecular formula is C17H25NO.